The Bertz CT molecular complexity index is 1490. The molecular weight excluding hydrogens is 541 g/mol. The second-order valence-electron chi connectivity index (χ2n) is 11.1. The van der Waals surface area contributed by atoms with Crippen molar-refractivity contribution in [1.29, 1.82) is 0 Å². The van der Waals surface area contributed by atoms with Crippen LogP contribution in [0.2, 0.25) is 0 Å². The summed E-state index contributed by atoms with van der Waals surface area (Å²) in [6, 6.07) is 8.38. The molecule has 0 aliphatic heterocycles. The third kappa shape index (κ3) is 7.47. The second-order valence-corrected chi connectivity index (χ2v) is 11.1. The highest BCUT2D eigenvalue weighted by Crippen LogP contribution is 2.38. The lowest BCUT2D eigenvalue weighted by molar-refractivity contribution is -0.117. The number of aromatic nitrogens is 4. The first-order valence-electron chi connectivity index (χ1n) is 13.5. The number of hydrogen-bond donors (Lipinski definition) is 6. The molecule has 0 bridgehead atoms. The quantitative estimate of drug-likeness (QED) is 0.124. The van der Waals surface area contributed by atoms with Gasteiger partial charge in [0, 0.05) is 31.1 Å². The van der Waals surface area contributed by atoms with Crippen LogP contribution < -0.4 is 26.0 Å². The topological polar surface area (TPSA) is 193 Å². The largest absolute Gasteiger partial charge is 0.494 e. The number of benzene rings is 1. The van der Waals surface area contributed by atoms with E-state index in [2.05, 4.69) is 36.6 Å². The summed E-state index contributed by atoms with van der Waals surface area (Å²) in [5.41, 5.74) is 1.99. The van der Waals surface area contributed by atoms with Crippen molar-refractivity contribution in [2.75, 3.05) is 30.9 Å². The van der Waals surface area contributed by atoms with Crippen LogP contribution in [0.5, 0.6) is 5.75 Å². The van der Waals surface area contributed by atoms with Gasteiger partial charge in [0.05, 0.1) is 36.9 Å². The Hall–Kier alpha value is -4.37. The number of para-hydroxylation sites is 1. The number of aliphatic hydroxyl groups is 2. The van der Waals surface area contributed by atoms with Crippen LogP contribution in [0.1, 0.15) is 33.8 Å². The molecule has 14 nitrogen and oxygen atoms in total. The fourth-order valence-corrected chi connectivity index (χ4v) is 4.07. The summed E-state index contributed by atoms with van der Waals surface area (Å²) < 4.78 is 7.14. The summed E-state index contributed by atoms with van der Waals surface area (Å²) in [5.74, 6) is -0.560. The number of amides is 3. The third-order valence-corrected chi connectivity index (χ3v) is 6.28. The van der Waals surface area contributed by atoms with Crippen LogP contribution in [-0.4, -0.2) is 103 Å². The van der Waals surface area contributed by atoms with Gasteiger partial charge in [0.15, 0.2) is 17.3 Å². The maximum absolute atomic E-state index is 13.1. The zero-order valence-electron chi connectivity index (χ0n) is 24.2. The van der Waals surface area contributed by atoms with Crippen molar-refractivity contribution in [3.63, 3.8) is 0 Å². The Kier molecular flexibility index (Phi) is 9.22. The lowest BCUT2D eigenvalue weighted by Crippen LogP contribution is -2.50. The van der Waals surface area contributed by atoms with Crippen LogP contribution in [-0.2, 0) is 11.8 Å². The van der Waals surface area contributed by atoms with Crippen molar-refractivity contribution in [3.8, 4) is 17.0 Å². The minimum atomic E-state index is -1.08. The summed E-state index contributed by atoms with van der Waals surface area (Å²) in [6.07, 6.45) is 0.564. The maximum atomic E-state index is 13.1. The van der Waals surface area contributed by atoms with Gasteiger partial charge in [-0.3, -0.25) is 19.1 Å². The van der Waals surface area contributed by atoms with Crippen LogP contribution in [0.25, 0.3) is 11.3 Å². The van der Waals surface area contributed by atoms with Crippen LogP contribution in [0.15, 0.2) is 30.3 Å². The van der Waals surface area contributed by atoms with E-state index in [1.54, 1.807) is 37.4 Å². The summed E-state index contributed by atoms with van der Waals surface area (Å²) in [6.45, 7) is -0.596. The molecule has 0 spiro atoms. The van der Waals surface area contributed by atoms with E-state index < -0.39 is 29.8 Å². The van der Waals surface area contributed by atoms with E-state index >= 15 is 0 Å². The molecule has 1 atom stereocenters. The minimum Gasteiger partial charge on any atom is -0.494 e. The van der Waals surface area contributed by atoms with E-state index in [-0.39, 0.29) is 41.3 Å². The van der Waals surface area contributed by atoms with Crippen LogP contribution >= 0.6 is 0 Å². The molecular formula is C25H33B3N8O6. The van der Waals surface area contributed by atoms with Gasteiger partial charge in [0.1, 0.15) is 29.2 Å². The fourth-order valence-electron chi connectivity index (χ4n) is 4.07. The first-order chi connectivity index (χ1) is 19.9. The average Bonchev–Trinajstić information content (AvgIpc) is 3.72. The number of aryl methyl sites for hydroxylation is 1. The van der Waals surface area contributed by atoms with Gasteiger partial charge in [-0.25, -0.2) is 0 Å². The number of nitrogens with one attached hydrogen (secondary N) is 4. The number of aliphatic hydroxyl groups excluding tert-OH is 2. The highest BCUT2D eigenvalue weighted by molar-refractivity contribution is 6.60. The molecule has 1 aliphatic carbocycles. The molecule has 1 unspecified atom stereocenters. The van der Waals surface area contributed by atoms with Crippen LogP contribution in [0.4, 0.5) is 17.2 Å². The van der Waals surface area contributed by atoms with Gasteiger partial charge >= 0.3 is 0 Å². The summed E-state index contributed by atoms with van der Waals surface area (Å²) >= 11 is 0. The van der Waals surface area contributed by atoms with E-state index in [0.29, 0.717) is 22.7 Å². The minimum absolute atomic E-state index is 0.0173. The van der Waals surface area contributed by atoms with Gasteiger partial charge in [-0.05, 0) is 36.3 Å². The Labute approximate surface area is 245 Å². The molecule has 4 rings (SSSR count). The molecule has 1 fully saturated rings. The number of nitrogens with zero attached hydrogens (tertiary/aromatic N) is 4. The zero-order chi connectivity index (χ0) is 30.6. The smallest absolute Gasteiger partial charge is 0.272 e. The summed E-state index contributed by atoms with van der Waals surface area (Å²) in [5, 5.41) is 42.1. The number of carbonyl (C=O) groups is 3. The van der Waals surface area contributed by atoms with E-state index in [1.807, 2.05) is 23.5 Å². The van der Waals surface area contributed by atoms with Crippen molar-refractivity contribution in [2.45, 2.75) is 24.2 Å². The highest BCUT2D eigenvalue weighted by atomic mass is 16.5. The summed E-state index contributed by atoms with van der Waals surface area (Å²) in [7, 11) is 8.63. The number of hydrogen-bond acceptors (Lipinski definition) is 10. The van der Waals surface area contributed by atoms with E-state index in [9.17, 15) is 19.5 Å². The number of carbonyl (C=O) groups excluding carboxylic acids is 3. The standard InChI is InChI=1S/C25H33B3N8O6/c1-36-18(23(40)29-10-13(38)11-37)8-16(35-36)14-4-3-5-15(21(14)42-2)30-17-9-19(31-22(39)12-6-7-12)33-34-20(17)24(41)32-25(26,27)28/h3-5,8-9,12-13,37-38H,6-7,10-11,26-28H2,1-2H3,(H,29,40)(H,32,41)(H2,30,31,33,39). The molecule has 1 aromatic carbocycles. The molecule has 42 heavy (non-hydrogen) atoms. The molecule has 6 N–H and O–H groups in total. The van der Waals surface area contributed by atoms with Gasteiger partial charge in [0.25, 0.3) is 11.8 Å². The summed E-state index contributed by atoms with van der Waals surface area (Å²) in [4.78, 5) is 38.2. The Morgan fingerprint density at radius 3 is 2.52 bits per heavy atom. The van der Waals surface area contributed by atoms with Crippen molar-refractivity contribution >= 4 is 58.5 Å². The molecule has 1 aliphatic rings. The molecule has 1 saturated carbocycles. The van der Waals surface area contributed by atoms with Crippen molar-refractivity contribution in [3.05, 3.63) is 41.7 Å². The fraction of sp³-hybridized carbons (Fsp3) is 0.360. The van der Waals surface area contributed by atoms with Gasteiger partial charge in [0.2, 0.25) is 5.91 Å². The first kappa shape index (κ1) is 30.6. The predicted octanol–water partition coefficient (Wildman–Crippen LogP) is -2.70. The molecule has 218 valence electrons. The van der Waals surface area contributed by atoms with Gasteiger partial charge in [-0.2, -0.15) is 5.10 Å². The molecule has 3 amide bonds. The Morgan fingerprint density at radius 1 is 1.14 bits per heavy atom. The second kappa shape index (κ2) is 12.7. The molecule has 0 radical (unpaired) electrons. The first-order valence-corrected chi connectivity index (χ1v) is 13.5. The number of ether oxygens (including phenoxy) is 1. The van der Waals surface area contributed by atoms with Gasteiger partial charge < -0.3 is 36.2 Å². The maximum Gasteiger partial charge on any atom is 0.272 e. The number of anilines is 3. The van der Waals surface area contributed by atoms with E-state index in [4.69, 9.17) is 9.84 Å². The molecule has 2 aromatic heterocycles. The van der Waals surface area contributed by atoms with Crippen molar-refractivity contribution in [2.24, 2.45) is 13.0 Å². The Balaban J connectivity index is 1.68. The average molecular weight is 574 g/mol. The lowest BCUT2D eigenvalue weighted by Gasteiger charge is -2.22. The Morgan fingerprint density at radius 2 is 1.88 bits per heavy atom. The molecule has 0 saturated heterocycles. The molecule has 3 aromatic rings. The van der Waals surface area contributed by atoms with E-state index in [0.717, 1.165) is 12.8 Å². The van der Waals surface area contributed by atoms with Gasteiger partial charge in [-0.15, -0.1) is 10.2 Å². The van der Waals surface area contributed by atoms with Gasteiger partial charge in [-0.1, -0.05) is 6.07 Å². The number of rotatable bonds is 12. The van der Waals surface area contributed by atoms with Crippen molar-refractivity contribution < 1.29 is 29.3 Å². The van der Waals surface area contributed by atoms with Crippen LogP contribution in [0, 0.1) is 5.92 Å². The van der Waals surface area contributed by atoms with Crippen molar-refractivity contribution in [1.82, 2.24) is 30.6 Å². The normalized spacial score (nSPS) is 13.6. The lowest BCUT2D eigenvalue weighted by atomic mass is 9.49. The third-order valence-electron chi connectivity index (χ3n) is 6.28. The molecule has 2 heterocycles. The zero-order valence-corrected chi connectivity index (χ0v) is 24.2. The van der Waals surface area contributed by atoms with E-state index in [1.165, 1.54) is 11.8 Å². The highest BCUT2D eigenvalue weighted by Gasteiger charge is 2.30. The number of methoxy groups -OCH3 is 1. The predicted molar refractivity (Wildman–Crippen MR) is 163 cm³/mol. The molecule has 17 heteroatoms. The van der Waals surface area contributed by atoms with Crippen LogP contribution in [0.3, 0.4) is 0 Å². The SMILES string of the molecule is BC(B)(B)NC(=O)c1nnc(NC(=O)C2CC2)cc1Nc1cccc(-c2cc(C(=O)NCC(O)CO)n(C)n2)c1OC. The monoisotopic (exact) mass is 574 g/mol.